The van der Waals surface area contributed by atoms with E-state index in [0.29, 0.717) is 30.5 Å². The molecule has 0 radical (unpaired) electrons. The van der Waals surface area contributed by atoms with Gasteiger partial charge in [0.15, 0.2) is 5.75 Å². The van der Waals surface area contributed by atoms with E-state index in [9.17, 15) is 23.9 Å². The fourth-order valence-corrected chi connectivity index (χ4v) is 5.39. The van der Waals surface area contributed by atoms with E-state index in [1.54, 1.807) is 12.0 Å². The molecule has 2 amide bonds. The number of pyridine rings is 1. The third kappa shape index (κ3) is 4.08. The predicted molar refractivity (Wildman–Crippen MR) is 131 cm³/mol. The van der Waals surface area contributed by atoms with Crippen LogP contribution in [0, 0.1) is 11.7 Å². The number of aromatic nitrogens is 1. The summed E-state index contributed by atoms with van der Waals surface area (Å²) in [6.45, 7) is 4.68. The van der Waals surface area contributed by atoms with Crippen LogP contribution in [-0.2, 0) is 17.7 Å². The molecule has 0 spiro atoms. The Balaban J connectivity index is 1.52. The summed E-state index contributed by atoms with van der Waals surface area (Å²) in [7, 11) is 1.62. The summed E-state index contributed by atoms with van der Waals surface area (Å²) in [6, 6.07) is 4.21. The van der Waals surface area contributed by atoms with Crippen molar-refractivity contribution in [3.8, 4) is 5.75 Å². The van der Waals surface area contributed by atoms with Crippen LogP contribution in [-0.4, -0.2) is 57.1 Å². The molecule has 8 nitrogen and oxygen atoms in total. The minimum Gasteiger partial charge on any atom is -0.502 e. The van der Waals surface area contributed by atoms with Gasteiger partial charge < -0.3 is 19.6 Å². The van der Waals surface area contributed by atoms with Gasteiger partial charge in [-0.05, 0) is 63.1 Å². The molecule has 1 saturated carbocycles. The van der Waals surface area contributed by atoms with Gasteiger partial charge in [-0.25, -0.2) is 4.39 Å². The monoisotopic (exact) mass is 517 g/mol. The number of aromatic hydroxyl groups is 1. The molecule has 3 aliphatic rings. The summed E-state index contributed by atoms with van der Waals surface area (Å²) in [4.78, 5) is 43.7. The lowest BCUT2D eigenvalue weighted by molar-refractivity contribution is 0.00272. The Hall–Kier alpha value is -2.91. The summed E-state index contributed by atoms with van der Waals surface area (Å²) in [5.41, 5.74) is -0.0509. The molecule has 10 heteroatoms. The first-order chi connectivity index (χ1) is 17.0. The highest BCUT2D eigenvalue weighted by atomic mass is 35.5. The zero-order valence-electron chi connectivity index (χ0n) is 20.5. The minimum atomic E-state index is -0.720. The highest BCUT2D eigenvalue weighted by Crippen LogP contribution is 2.47. The van der Waals surface area contributed by atoms with Crippen LogP contribution in [0.15, 0.2) is 23.0 Å². The normalized spacial score (nSPS) is 19.6. The van der Waals surface area contributed by atoms with Gasteiger partial charge in [0, 0.05) is 32.3 Å². The molecule has 1 fully saturated rings. The van der Waals surface area contributed by atoms with Crippen molar-refractivity contribution in [1.82, 2.24) is 14.4 Å². The quantitative estimate of drug-likeness (QED) is 0.604. The van der Waals surface area contributed by atoms with E-state index in [-0.39, 0.29) is 41.2 Å². The average Bonchev–Trinajstić information content (AvgIpc) is 3.63. The number of rotatable bonds is 7. The van der Waals surface area contributed by atoms with Crippen molar-refractivity contribution < 1.29 is 23.8 Å². The second-order valence-corrected chi connectivity index (χ2v) is 10.8. The molecule has 3 heterocycles. The van der Waals surface area contributed by atoms with E-state index < -0.39 is 34.8 Å². The number of methoxy groups -OCH3 is 1. The number of carbonyl (C=O) groups excluding carboxylic acids is 2. The smallest absolute Gasteiger partial charge is 0.295 e. The molecule has 0 saturated heterocycles. The maximum atomic E-state index is 13.7. The molecular weight excluding hydrogens is 489 g/mol. The highest BCUT2D eigenvalue weighted by molar-refractivity contribution is 6.30. The summed E-state index contributed by atoms with van der Waals surface area (Å²) in [6.07, 6.45) is 2.18. The minimum absolute atomic E-state index is 0.0512. The molecular formula is C26H29ClFN3O5. The lowest BCUT2D eigenvalue weighted by Crippen LogP contribution is -2.40. The number of benzene rings is 1. The number of carbonyl (C=O) groups is 2. The van der Waals surface area contributed by atoms with Gasteiger partial charge in [0.05, 0.1) is 16.2 Å². The number of amides is 2. The Morgan fingerprint density at radius 1 is 1.19 bits per heavy atom. The number of ether oxygens (including phenoxy) is 1. The maximum absolute atomic E-state index is 13.7. The molecule has 2 aliphatic heterocycles. The second kappa shape index (κ2) is 8.88. The largest absolute Gasteiger partial charge is 0.502 e. The molecule has 1 aliphatic carbocycles. The van der Waals surface area contributed by atoms with Crippen LogP contribution < -0.4 is 5.56 Å². The van der Waals surface area contributed by atoms with Crippen molar-refractivity contribution in [3.05, 3.63) is 61.8 Å². The summed E-state index contributed by atoms with van der Waals surface area (Å²) in [5, 5.41) is 10.9. The van der Waals surface area contributed by atoms with Gasteiger partial charge in [-0.2, -0.15) is 0 Å². The van der Waals surface area contributed by atoms with Gasteiger partial charge in [-0.1, -0.05) is 17.7 Å². The summed E-state index contributed by atoms with van der Waals surface area (Å²) < 4.78 is 20.5. The number of halogens is 2. The van der Waals surface area contributed by atoms with Crippen LogP contribution in [0.5, 0.6) is 5.75 Å². The zero-order valence-corrected chi connectivity index (χ0v) is 21.3. The van der Waals surface area contributed by atoms with E-state index in [4.69, 9.17) is 16.3 Å². The van der Waals surface area contributed by atoms with Crippen molar-refractivity contribution in [2.45, 2.75) is 57.8 Å². The van der Waals surface area contributed by atoms with E-state index in [2.05, 4.69) is 0 Å². The highest BCUT2D eigenvalue weighted by Gasteiger charge is 2.49. The molecule has 36 heavy (non-hydrogen) atoms. The number of nitrogens with zero attached hydrogens (tertiary/aromatic N) is 3. The number of hydrogen-bond donors (Lipinski definition) is 1. The van der Waals surface area contributed by atoms with Crippen molar-refractivity contribution in [2.24, 2.45) is 5.92 Å². The Morgan fingerprint density at radius 2 is 1.92 bits per heavy atom. The maximum Gasteiger partial charge on any atom is 0.295 e. The molecule has 1 aromatic heterocycles. The van der Waals surface area contributed by atoms with Gasteiger partial charge in [0.25, 0.3) is 17.4 Å². The van der Waals surface area contributed by atoms with Crippen LogP contribution in [0.4, 0.5) is 4.39 Å². The van der Waals surface area contributed by atoms with E-state index in [1.165, 1.54) is 27.7 Å². The summed E-state index contributed by atoms with van der Waals surface area (Å²) >= 11 is 5.88. The van der Waals surface area contributed by atoms with E-state index >= 15 is 0 Å². The number of hydrogen-bond acceptors (Lipinski definition) is 5. The Kier molecular flexibility index (Phi) is 6.11. The van der Waals surface area contributed by atoms with Crippen molar-refractivity contribution >= 4 is 23.4 Å². The summed E-state index contributed by atoms with van der Waals surface area (Å²) in [5.74, 6) is -1.88. The van der Waals surface area contributed by atoms with Gasteiger partial charge in [-0.15, -0.1) is 0 Å². The van der Waals surface area contributed by atoms with Crippen LogP contribution in [0.3, 0.4) is 0 Å². The van der Waals surface area contributed by atoms with Crippen molar-refractivity contribution in [1.29, 1.82) is 0 Å². The van der Waals surface area contributed by atoms with Gasteiger partial charge in [0.2, 0.25) is 0 Å². The number of fused-ring (bicyclic) bond motifs is 3. The molecule has 1 aromatic carbocycles. The topological polar surface area (TPSA) is 92.1 Å². The Bertz CT molecular complexity index is 1320. The predicted octanol–water partition coefficient (Wildman–Crippen LogP) is 3.72. The lowest BCUT2D eigenvalue weighted by atomic mass is 9.95. The lowest BCUT2D eigenvalue weighted by Gasteiger charge is -2.30. The fraction of sp³-hybridized carbons (Fsp3) is 0.500. The Labute approximate surface area is 213 Å². The SMILES string of the molecule is COC(C)(C)CCN1C(=O)c2c3c(c(O)c(=O)n2C1C1CC1)C(=O)N(Cc1ccc(F)c(Cl)c1)CC3. The molecule has 1 atom stereocenters. The third-order valence-electron chi connectivity index (χ3n) is 7.58. The molecule has 1 unspecified atom stereocenters. The van der Waals surface area contributed by atoms with Crippen LogP contribution in [0.1, 0.15) is 71.2 Å². The standard InChI is InChI=1S/C26H29ClFN3O5/c1-26(2,36-3)9-11-30-22(15-5-6-15)31-20(24(30)34)16-8-10-29(23(33)19(16)21(32)25(31)35)13-14-4-7-18(28)17(27)12-14/h4,7,12,15,22,32H,5-6,8-11,13H2,1-3H3. The average molecular weight is 518 g/mol. The molecule has 0 bridgehead atoms. The molecule has 1 N–H and O–H groups in total. The second-order valence-electron chi connectivity index (χ2n) is 10.4. The fourth-order valence-electron chi connectivity index (χ4n) is 5.18. The van der Waals surface area contributed by atoms with Gasteiger partial charge in [0.1, 0.15) is 17.7 Å². The van der Waals surface area contributed by atoms with Gasteiger partial charge in [-0.3, -0.25) is 19.0 Å². The van der Waals surface area contributed by atoms with Crippen molar-refractivity contribution in [2.75, 3.05) is 20.2 Å². The van der Waals surface area contributed by atoms with E-state index in [1.807, 2.05) is 13.8 Å². The first kappa shape index (κ1) is 24.8. The van der Waals surface area contributed by atoms with Crippen LogP contribution in [0.25, 0.3) is 0 Å². The van der Waals surface area contributed by atoms with Gasteiger partial charge >= 0.3 is 0 Å². The first-order valence-corrected chi connectivity index (χ1v) is 12.5. The third-order valence-corrected chi connectivity index (χ3v) is 7.86. The van der Waals surface area contributed by atoms with Crippen LogP contribution in [0.2, 0.25) is 5.02 Å². The van der Waals surface area contributed by atoms with E-state index in [0.717, 1.165) is 12.8 Å². The first-order valence-electron chi connectivity index (χ1n) is 12.1. The molecule has 2 aromatic rings. The Morgan fingerprint density at radius 3 is 2.56 bits per heavy atom. The molecule has 5 rings (SSSR count). The van der Waals surface area contributed by atoms with Crippen molar-refractivity contribution in [3.63, 3.8) is 0 Å². The molecule has 192 valence electrons. The van der Waals surface area contributed by atoms with Crippen LogP contribution >= 0.6 is 11.6 Å². The zero-order chi connectivity index (χ0) is 25.9.